The maximum atomic E-state index is 12.2. The molecule has 0 spiro atoms. The number of hydrogen-bond acceptors (Lipinski definition) is 7. The van der Waals surface area contributed by atoms with Crippen LogP contribution in [0.3, 0.4) is 0 Å². The third-order valence-electron chi connectivity index (χ3n) is 4.54. The van der Waals surface area contributed by atoms with Gasteiger partial charge in [0.05, 0.1) is 25.6 Å². The Balaban J connectivity index is 0.000000534. The zero-order chi connectivity index (χ0) is 23.5. The van der Waals surface area contributed by atoms with Gasteiger partial charge < -0.3 is 29.4 Å². The van der Waals surface area contributed by atoms with Crippen LogP contribution in [0.25, 0.3) is 0 Å². The Bertz CT molecular complexity index is 852. The lowest BCUT2D eigenvalue weighted by atomic mass is 10.2. The highest BCUT2D eigenvalue weighted by Gasteiger charge is 2.24. The molecule has 10 nitrogen and oxygen atoms in total. The lowest BCUT2D eigenvalue weighted by Crippen LogP contribution is -2.50. The average Bonchev–Trinajstić information content (AvgIpc) is 3.30. The summed E-state index contributed by atoms with van der Waals surface area (Å²) in [5.74, 6) is -3.36. The van der Waals surface area contributed by atoms with Gasteiger partial charge in [0.1, 0.15) is 0 Å². The molecule has 1 saturated heterocycles. The quantitative estimate of drug-likeness (QED) is 0.514. The van der Waals surface area contributed by atoms with Crippen molar-refractivity contribution in [1.29, 1.82) is 0 Å². The molecule has 1 aliphatic heterocycles. The molecule has 174 valence electrons. The van der Waals surface area contributed by atoms with E-state index in [0.717, 1.165) is 18.7 Å². The fourth-order valence-electron chi connectivity index (χ4n) is 2.93. The van der Waals surface area contributed by atoms with Gasteiger partial charge in [-0.25, -0.2) is 9.59 Å². The van der Waals surface area contributed by atoms with Crippen LogP contribution in [0.1, 0.15) is 16.1 Å². The number of furan rings is 1. The molecule has 1 fully saturated rings. The van der Waals surface area contributed by atoms with E-state index in [2.05, 4.69) is 4.90 Å². The minimum absolute atomic E-state index is 0.0819. The second-order valence-electron chi connectivity index (χ2n) is 6.98. The normalized spacial score (nSPS) is 14.9. The second kappa shape index (κ2) is 12.8. The van der Waals surface area contributed by atoms with E-state index < -0.39 is 18.0 Å². The van der Waals surface area contributed by atoms with Gasteiger partial charge in [0.25, 0.3) is 5.91 Å². The van der Waals surface area contributed by atoms with E-state index in [9.17, 15) is 9.90 Å². The molecule has 0 radical (unpaired) electrons. The van der Waals surface area contributed by atoms with Crippen LogP contribution in [0.15, 0.2) is 47.1 Å². The Hall–Kier alpha value is -2.92. The van der Waals surface area contributed by atoms with Crippen LogP contribution in [0, 0.1) is 0 Å². The number of halogens is 1. The van der Waals surface area contributed by atoms with Gasteiger partial charge in [-0.15, -0.1) is 0 Å². The summed E-state index contributed by atoms with van der Waals surface area (Å²) in [6.45, 7) is 3.94. The third kappa shape index (κ3) is 8.67. The molecule has 2 aromatic rings. The third-order valence-corrected chi connectivity index (χ3v) is 4.79. The first kappa shape index (κ1) is 25.3. The van der Waals surface area contributed by atoms with Gasteiger partial charge in [0, 0.05) is 37.7 Å². The molecule has 2 heterocycles. The molecule has 32 heavy (non-hydrogen) atoms. The van der Waals surface area contributed by atoms with Crippen molar-refractivity contribution in [3.63, 3.8) is 0 Å². The number of carboxylic acid groups (broad SMARTS) is 2. The van der Waals surface area contributed by atoms with Crippen LogP contribution in [0.5, 0.6) is 0 Å². The van der Waals surface area contributed by atoms with E-state index in [-0.39, 0.29) is 12.5 Å². The van der Waals surface area contributed by atoms with Crippen LogP contribution < -0.4 is 0 Å². The average molecular weight is 469 g/mol. The van der Waals surface area contributed by atoms with E-state index in [1.165, 1.54) is 6.26 Å². The molecule has 1 aromatic heterocycles. The van der Waals surface area contributed by atoms with Crippen molar-refractivity contribution in [3.05, 3.63) is 59.0 Å². The molecule has 1 amide bonds. The number of carbonyl (C=O) groups is 3. The smallest absolute Gasteiger partial charge is 0.414 e. The fourth-order valence-corrected chi connectivity index (χ4v) is 3.06. The highest BCUT2D eigenvalue weighted by Crippen LogP contribution is 2.11. The summed E-state index contributed by atoms with van der Waals surface area (Å²) in [5.41, 5.74) is 1.02. The molecule has 3 N–H and O–H groups in total. The summed E-state index contributed by atoms with van der Waals surface area (Å²) < 4.78 is 10.7. The summed E-state index contributed by atoms with van der Waals surface area (Å²) in [5, 5.41) is 25.6. The molecule has 0 aliphatic carbocycles. The number of nitrogens with zero attached hydrogens (tertiary/aromatic N) is 2. The van der Waals surface area contributed by atoms with Gasteiger partial charge in [0.15, 0.2) is 5.76 Å². The summed E-state index contributed by atoms with van der Waals surface area (Å²) in [6, 6.07) is 10.8. The molecule has 1 unspecified atom stereocenters. The first-order valence-electron chi connectivity index (χ1n) is 9.78. The lowest BCUT2D eigenvalue weighted by Gasteiger charge is -2.35. The maximum absolute atomic E-state index is 12.2. The minimum atomic E-state index is -1.82. The largest absolute Gasteiger partial charge is 0.473 e. The molecular weight excluding hydrogens is 444 g/mol. The van der Waals surface area contributed by atoms with Gasteiger partial charge in [-0.05, 0) is 29.8 Å². The Morgan fingerprint density at radius 3 is 2.19 bits per heavy atom. The highest BCUT2D eigenvalue weighted by molar-refractivity contribution is 6.30. The number of carbonyl (C=O) groups excluding carboxylic acids is 1. The first-order chi connectivity index (χ1) is 15.3. The lowest BCUT2D eigenvalue weighted by molar-refractivity contribution is -0.159. The maximum Gasteiger partial charge on any atom is 0.414 e. The van der Waals surface area contributed by atoms with Crippen molar-refractivity contribution in [3.8, 4) is 0 Å². The molecule has 0 saturated carbocycles. The van der Waals surface area contributed by atoms with Crippen molar-refractivity contribution in [2.45, 2.75) is 12.7 Å². The van der Waals surface area contributed by atoms with E-state index in [1.54, 1.807) is 17.0 Å². The standard InChI is InChI=1S/C19H23ClN2O4.C2H2O4/c20-16-5-3-15(4-6-16)13-25-14-17(23)12-21-7-9-22(10-8-21)19(24)18-2-1-11-26-18;3-1(4)2(5)6/h1-6,11,17,23H,7-10,12-14H2;(H,3,4)(H,5,6). The molecule has 1 aliphatic rings. The number of carboxylic acids is 2. The summed E-state index contributed by atoms with van der Waals surface area (Å²) in [6.07, 6.45) is 0.943. The number of aliphatic hydroxyl groups is 1. The van der Waals surface area contributed by atoms with E-state index >= 15 is 0 Å². The highest BCUT2D eigenvalue weighted by atomic mass is 35.5. The van der Waals surface area contributed by atoms with Gasteiger partial charge >= 0.3 is 11.9 Å². The van der Waals surface area contributed by atoms with Gasteiger partial charge in [-0.1, -0.05) is 23.7 Å². The van der Waals surface area contributed by atoms with Gasteiger partial charge in [-0.3, -0.25) is 9.69 Å². The van der Waals surface area contributed by atoms with Crippen LogP contribution >= 0.6 is 11.6 Å². The van der Waals surface area contributed by atoms with Crippen molar-refractivity contribution in [1.82, 2.24) is 9.80 Å². The number of amides is 1. The predicted octanol–water partition coefficient (Wildman–Crippen LogP) is 1.42. The molecule has 1 aromatic carbocycles. The predicted molar refractivity (Wildman–Crippen MR) is 113 cm³/mol. The number of aliphatic carboxylic acids is 2. The van der Waals surface area contributed by atoms with Crippen molar-refractivity contribution in [2.75, 3.05) is 39.3 Å². The minimum Gasteiger partial charge on any atom is -0.473 e. The zero-order valence-corrected chi connectivity index (χ0v) is 18.0. The Kier molecular flexibility index (Phi) is 10.2. The number of aliphatic hydroxyl groups excluding tert-OH is 1. The van der Waals surface area contributed by atoms with Crippen LogP contribution in [-0.4, -0.2) is 88.4 Å². The summed E-state index contributed by atoms with van der Waals surface area (Å²) in [7, 11) is 0. The molecular formula is C21H25ClN2O8. The monoisotopic (exact) mass is 468 g/mol. The van der Waals surface area contributed by atoms with E-state index in [0.29, 0.717) is 37.0 Å². The van der Waals surface area contributed by atoms with Gasteiger partial charge in [-0.2, -0.15) is 0 Å². The Morgan fingerprint density at radius 2 is 1.66 bits per heavy atom. The summed E-state index contributed by atoms with van der Waals surface area (Å²) >= 11 is 5.85. The number of rotatable bonds is 7. The van der Waals surface area contributed by atoms with Gasteiger partial charge in [0.2, 0.25) is 0 Å². The number of hydrogen-bond donors (Lipinski definition) is 3. The fraction of sp³-hybridized carbons (Fsp3) is 0.381. The molecule has 11 heteroatoms. The van der Waals surface area contributed by atoms with Crippen molar-refractivity contribution < 1.29 is 38.9 Å². The number of piperazine rings is 1. The number of β-amino-alcohol motifs (C(OH)–C–C–N with tert-alkyl or cyclic N) is 1. The van der Waals surface area contributed by atoms with E-state index in [1.807, 2.05) is 24.3 Å². The molecule has 1 atom stereocenters. The van der Waals surface area contributed by atoms with E-state index in [4.69, 9.17) is 40.6 Å². The Labute approximate surface area is 189 Å². The summed E-state index contributed by atoms with van der Waals surface area (Å²) in [4.78, 5) is 34.3. The SMILES string of the molecule is O=C(O)C(=O)O.O=C(c1ccco1)N1CCN(CC(O)COCc2ccc(Cl)cc2)CC1. The van der Waals surface area contributed by atoms with Crippen LogP contribution in [0.4, 0.5) is 0 Å². The zero-order valence-electron chi connectivity index (χ0n) is 17.2. The van der Waals surface area contributed by atoms with Crippen LogP contribution in [0.2, 0.25) is 5.02 Å². The molecule has 0 bridgehead atoms. The number of ether oxygens (including phenoxy) is 1. The topological polar surface area (TPSA) is 141 Å². The van der Waals surface area contributed by atoms with Crippen molar-refractivity contribution in [2.24, 2.45) is 0 Å². The molecule has 3 rings (SSSR count). The first-order valence-corrected chi connectivity index (χ1v) is 10.2. The Morgan fingerprint density at radius 1 is 1.03 bits per heavy atom. The number of benzene rings is 1. The van der Waals surface area contributed by atoms with Crippen molar-refractivity contribution >= 4 is 29.4 Å². The second-order valence-corrected chi connectivity index (χ2v) is 7.41. The van der Waals surface area contributed by atoms with Crippen LogP contribution in [-0.2, 0) is 20.9 Å².